The van der Waals surface area contributed by atoms with E-state index in [-0.39, 0.29) is 30.6 Å². The van der Waals surface area contributed by atoms with E-state index in [0.717, 1.165) is 53.1 Å². The molecule has 0 saturated carbocycles. The van der Waals surface area contributed by atoms with E-state index in [4.69, 9.17) is 10.7 Å². The Labute approximate surface area is 195 Å². The van der Waals surface area contributed by atoms with Crippen molar-refractivity contribution in [2.45, 2.75) is 38.3 Å². The first-order chi connectivity index (χ1) is 16.0. The van der Waals surface area contributed by atoms with Crippen molar-refractivity contribution in [1.82, 2.24) is 25.6 Å². The van der Waals surface area contributed by atoms with Gasteiger partial charge in [0.1, 0.15) is 21.3 Å². The largest absolute Gasteiger partial charge is 0.397 e. The van der Waals surface area contributed by atoms with Gasteiger partial charge in [0.2, 0.25) is 0 Å². The number of aromatic nitrogens is 3. The van der Waals surface area contributed by atoms with E-state index in [1.54, 1.807) is 6.20 Å². The van der Waals surface area contributed by atoms with Crippen LogP contribution in [0.3, 0.4) is 0 Å². The number of pyridine rings is 1. The maximum absolute atomic E-state index is 13.3. The van der Waals surface area contributed by atoms with Crippen molar-refractivity contribution >= 4 is 39.0 Å². The highest BCUT2D eigenvalue weighted by Crippen LogP contribution is 2.32. The van der Waals surface area contributed by atoms with Crippen LogP contribution in [0.2, 0.25) is 0 Å². The van der Waals surface area contributed by atoms with Crippen LogP contribution in [0.4, 0.5) is 15.9 Å². The molecular weight excluding hydrogens is 441 g/mol. The van der Waals surface area contributed by atoms with Gasteiger partial charge in [0, 0.05) is 43.0 Å². The maximum Gasteiger partial charge on any atom is 0.263 e. The number of fused-ring (bicyclic) bond motifs is 2. The molecule has 3 aromatic heterocycles. The lowest BCUT2D eigenvalue weighted by Crippen LogP contribution is -2.39. The number of anilines is 2. The molecule has 4 N–H and O–H groups in total. The molecule has 1 aliphatic carbocycles. The summed E-state index contributed by atoms with van der Waals surface area (Å²) in [6.07, 6.45) is 4.00. The first-order valence-electron chi connectivity index (χ1n) is 11.3. The Morgan fingerprint density at radius 2 is 2.18 bits per heavy atom. The number of nitrogens with zero attached hydrogens (tertiary/aromatic N) is 4. The van der Waals surface area contributed by atoms with E-state index >= 15 is 0 Å². The van der Waals surface area contributed by atoms with Gasteiger partial charge in [-0.05, 0) is 44.9 Å². The second kappa shape index (κ2) is 8.83. The number of likely N-dealkylation sites (N-methyl/N-ethyl adjacent to an activating group) is 1. The Morgan fingerprint density at radius 1 is 1.33 bits per heavy atom. The molecule has 8 nitrogen and oxygen atoms in total. The lowest BCUT2D eigenvalue weighted by atomic mass is 9.91. The number of hydrogen-bond acceptors (Lipinski definition) is 8. The zero-order valence-electron chi connectivity index (χ0n) is 18.8. The number of carbonyl (C=O) groups excluding carboxylic acids is 1. The number of rotatable bonds is 5. The molecule has 1 saturated heterocycles. The van der Waals surface area contributed by atoms with Crippen LogP contribution in [-0.2, 0) is 12.8 Å². The standard InChI is InChI=1S/C23H28FN7OS/c1-12-27-9-16-20(25)21(33-23(16)28-12)22(32)29-15-4-5-17-13(7-15)3-6-19(30-17)31-10-14(8-24)18(11-31)26-2/h3,6,9,14-15,18,26H,4-5,7-8,10-11,25H2,1-2H3,(H,29,32). The molecule has 1 fully saturated rings. The highest BCUT2D eigenvalue weighted by molar-refractivity contribution is 7.21. The van der Waals surface area contributed by atoms with Crippen molar-refractivity contribution in [3.8, 4) is 0 Å². The number of thiophene rings is 1. The molecular formula is C23H28FN7OS. The molecule has 2 aliphatic rings. The van der Waals surface area contributed by atoms with Crippen LogP contribution >= 0.6 is 11.3 Å². The van der Waals surface area contributed by atoms with Crippen molar-refractivity contribution in [3.05, 3.63) is 40.3 Å². The fourth-order valence-electron chi connectivity index (χ4n) is 4.85. The summed E-state index contributed by atoms with van der Waals surface area (Å²) in [5.41, 5.74) is 8.86. The quantitative estimate of drug-likeness (QED) is 0.526. The van der Waals surface area contributed by atoms with Gasteiger partial charge in [-0.1, -0.05) is 6.07 Å². The van der Waals surface area contributed by atoms with Crippen molar-refractivity contribution in [2.75, 3.05) is 37.4 Å². The number of hydrogen-bond donors (Lipinski definition) is 3. The Morgan fingerprint density at radius 3 is 2.94 bits per heavy atom. The fraction of sp³-hybridized carbons (Fsp3) is 0.478. The molecule has 174 valence electrons. The lowest BCUT2D eigenvalue weighted by Gasteiger charge is -2.26. The third kappa shape index (κ3) is 4.13. The molecule has 10 heteroatoms. The third-order valence-electron chi connectivity index (χ3n) is 6.73. The van der Waals surface area contributed by atoms with E-state index in [1.165, 1.54) is 11.3 Å². The van der Waals surface area contributed by atoms with E-state index in [2.05, 4.69) is 31.6 Å². The Kier molecular flexibility index (Phi) is 5.88. The number of aryl methyl sites for hydroxylation is 2. The predicted octanol–water partition coefficient (Wildman–Crippen LogP) is 2.26. The lowest BCUT2D eigenvalue weighted by molar-refractivity contribution is 0.0938. The van der Waals surface area contributed by atoms with Crippen LogP contribution in [-0.4, -0.2) is 59.8 Å². The Balaban J connectivity index is 1.27. The van der Waals surface area contributed by atoms with Gasteiger partial charge in [-0.2, -0.15) is 0 Å². The summed E-state index contributed by atoms with van der Waals surface area (Å²) in [7, 11) is 1.88. The molecule has 0 aromatic carbocycles. The zero-order valence-corrected chi connectivity index (χ0v) is 19.6. The molecule has 1 amide bonds. The minimum Gasteiger partial charge on any atom is -0.397 e. The molecule has 0 bridgehead atoms. The molecule has 3 unspecified atom stereocenters. The van der Waals surface area contributed by atoms with Crippen LogP contribution in [0.1, 0.15) is 33.2 Å². The van der Waals surface area contributed by atoms with Gasteiger partial charge in [-0.25, -0.2) is 15.0 Å². The second-order valence-electron chi connectivity index (χ2n) is 8.88. The van der Waals surface area contributed by atoms with Crippen molar-refractivity contribution in [2.24, 2.45) is 5.92 Å². The average molecular weight is 470 g/mol. The topological polar surface area (TPSA) is 109 Å². The van der Waals surface area contributed by atoms with Gasteiger partial charge < -0.3 is 21.3 Å². The van der Waals surface area contributed by atoms with Gasteiger partial charge in [0.05, 0.1) is 17.7 Å². The molecule has 4 heterocycles. The molecule has 0 spiro atoms. The van der Waals surface area contributed by atoms with Gasteiger partial charge in [-0.15, -0.1) is 11.3 Å². The minimum absolute atomic E-state index is 0.0105. The molecule has 33 heavy (non-hydrogen) atoms. The summed E-state index contributed by atoms with van der Waals surface area (Å²) in [5, 5.41) is 7.08. The van der Waals surface area contributed by atoms with Gasteiger partial charge in [-0.3, -0.25) is 9.18 Å². The van der Waals surface area contributed by atoms with E-state index in [9.17, 15) is 9.18 Å². The molecule has 3 atom stereocenters. The number of alkyl halides is 1. The smallest absolute Gasteiger partial charge is 0.263 e. The summed E-state index contributed by atoms with van der Waals surface area (Å²) >= 11 is 1.30. The number of nitrogens with one attached hydrogen (secondary N) is 2. The van der Waals surface area contributed by atoms with Crippen LogP contribution in [0.15, 0.2) is 18.3 Å². The summed E-state index contributed by atoms with van der Waals surface area (Å²) in [6.45, 7) is 2.92. The highest BCUT2D eigenvalue weighted by atomic mass is 32.1. The van der Waals surface area contributed by atoms with E-state index in [0.29, 0.717) is 22.9 Å². The SMILES string of the molecule is CNC1CN(c2ccc3c(n2)CCC(NC(=O)c2sc4nc(C)ncc4c2N)C3)CC1CF. The van der Waals surface area contributed by atoms with Gasteiger partial charge in [0.25, 0.3) is 5.91 Å². The van der Waals surface area contributed by atoms with Crippen LogP contribution in [0.5, 0.6) is 0 Å². The Bertz CT molecular complexity index is 1190. The van der Waals surface area contributed by atoms with Crippen LogP contribution in [0.25, 0.3) is 10.2 Å². The number of carbonyl (C=O) groups is 1. The molecule has 3 aromatic rings. The summed E-state index contributed by atoms with van der Waals surface area (Å²) in [5.74, 6) is 1.38. The fourth-order valence-corrected chi connectivity index (χ4v) is 5.86. The normalized spacial score (nSPS) is 22.5. The molecule has 1 aliphatic heterocycles. The van der Waals surface area contributed by atoms with Crippen molar-refractivity contribution in [1.29, 1.82) is 0 Å². The third-order valence-corrected chi connectivity index (χ3v) is 7.85. The van der Waals surface area contributed by atoms with Crippen LogP contribution in [0, 0.1) is 12.8 Å². The van der Waals surface area contributed by atoms with Gasteiger partial charge >= 0.3 is 0 Å². The first-order valence-corrected chi connectivity index (χ1v) is 12.1. The molecule has 5 rings (SSSR count). The number of nitrogen functional groups attached to an aromatic ring is 1. The first kappa shape index (κ1) is 22.0. The number of amides is 1. The van der Waals surface area contributed by atoms with Crippen molar-refractivity contribution < 1.29 is 9.18 Å². The van der Waals surface area contributed by atoms with Gasteiger partial charge in [0.15, 0.2) is 0 Å². The second-order valence-corrected chi connectivity index (χ2v) is 9.88. The minimum atomic E-state index is -0.329. The monoisotopic (exact) mass is 469 g/mol. The average Bonchev–Trinajstić information content (AvgIpc) is 3.39. The maximum atomic E-state index is 13.3. The van der Waals surface area contributed by atoms with Crippen LogP contribution < -0.4 is 21.3 Å². The van der Waals surface area contributed by atoms with E-state index in [1.807, 2.05) is 20.0 Å². The summed E-state index contributed by atoms with van der Waals surface area (Å²) < 4.78 is 13.3. The van der Waals surface area contributed by atoms with E-state index < -0.39 is 0 Å². The number of nitrogens with two attached hydrogens (primary N) is 1. The number of halogens is 1. The summed E-state index contributed by atoms with van der Waals surface area (Å²) in [4.78, 5) is 29.8. The zero-order chi connectivity index (χ0) is 23.1. The van der Waals surface area contributed by atoms with Crippen molar-refractivity contribution in [3.63, 3.8) is 0 Å². The molecule has 0 radical (unpaired) electrons. The highest BCUT2D eigenvalue weighted by Gasteiger charge is 2.33. The Hall–Kier alpha value is -2.85. The predicted molar refractivity (Wildman–Crippen MR) is 129 cm³/mol. The summed E-state index contributed by atoms with van der Waals surface area (Å²) in [6, 6.07) is 4.27.